The van der Waals surface area contributed by atoms with Crippen molar-refractivity contribution in [2.24, 2.45) is 0 Å². The normalized spacial score (nSPS) is 16.8. The minimum atomic E-state index is -0.712. The molecule has 1 fully saturated rings. The van der Waals surface area contributed by atoms with Crippen LogP contribution in [-0.2, 0) is 10.3 Å². The zero-order chi connectivity index (χ0) is 16.4. The third-order valence-corrected chi connectivity index (χ3v) is 6.04. The molecule has 124 valence electrons. The van der Waals surface area contributed by atoms with E-state index in [4.69, 9.17) is 0 Å². The monoisotopic (exact) mass is 360 g/mol. The standard InChI is InChI=1S/C15H16N6OS2/c22-13(15(6-2-1-3-7-15)21-10-16-19-20-21)18-14-17-11(9-24-14)12-5-4-8-23-12/h4-5,8-10H,1-3,6-7H2,(H,17,18,22). The number of hydrogen-bond donors (Lipinski definition) is 1. The third kappa shape index (κ3) is 2.73. The van der Waals surface area contributed by atoms with Gasteiger partial charge in [-0.1, -0.05) is 25.3 Å². The molecule has 4 rings (SSSR count). The number of nitrogens with zero attached hydrogens (tertiary/aromatic N) is 5. The maximum absolute atomic E-state index is 13.0. The van der Waals surface area contributed by atoms with Crippen LogP contribution in [0, 0.1) is 0 Å². The number of amides is 1. The molecule has 24 heavy (non-hydrogen) atoms. The Balaban J connectivity index is 1.58. The number of thiophene rings is 1. The smallest absolute Gasteiger partial charge is 0.254 e. The lowest BCUT2D eigenvalue weighted by Gasteiger charge is -2.34. The summed E-state index contributed by atoms with van der Waals surface area (Å²) >= 11 is 3.07. The van der Waals surface area contributed by atoms with Gasteiger partial charge in [0.2, 0.25) is 0 Å². The fourth-order valence-electron chi connectivity index (χ4n) is 3.14. The van der Waals surface area contributed by atoms with Crippen LogP contribution in [-0.4, -0.2) is 31.1 Å². The predicted molar refractivity (Wildman–Crippen MR) is 92.9 cm³/mol. The van der Waals surface area contributed by atoms with Crippen LogP contribution in [0.3, 0.4) is 0 Å². The molecule has 0 radical (unpaired) electrons. The topological polar surface area (TPSA) is 85.6 Å². The number of rotatable bonds is 4. The molecule has 0 aromatic carbocycles. The van der Waals surface area contributed by atoms with Crippen LogP contribution in [0.5, 0.6) is 0 Å². The zero-order valence-electron chi connectivity index (χ0n) is 12.9. The first-order chi connectivity index (χ1) is 11.8. The van der Waals surface area contributed by atoms with Gasteiger partial charge in [0.1, 0.15) is 11.9 Å². The van der Waals surface area contributed by atoms with Crippen LogP contribution in [0.2, 0.25) is 0 Å². The molecule has 3 aromatic heterocycles. The second-order valence-electron chi connectivity index (χ2n) is 5.82. The second kappa shape index (κ2) is 6.40. The van der Waals surface area contributed by atoms with Gasteiger partial charge in [-0.15, -0.1) is 27.8 Å². The highest BCUT2D eigenvalue weighted by atomic mass is 32.1. The number of nitrogens with one attached hydrogen (secondary N) is 1. The molecule has 0 atom stereocenters. The Bertz CT molecular complexity index is 805. The average Bonchev–Trinajstić information content (AvgIpc) is 3.36. The molecule has 9 heteroatoms. The maximum atomic E-state index is 13.0. The Morgan fingerprint density at radius 2 is 2.12 bits per heavy atom. The van der Waals surface area contributed by atoms with Crippen molar-refractivity contribution in [2.45, 2.75) is 37.6 Å². The molecule has 1 aliphatic rings. The fourth-order valence-corrected chi connectivity index (χ4v) is 4.60. The number of carbonyl (C=O) groups excluding carboxylic acids is 1. The van der Waals surface area contributed by atoms with Crippen LogP contribution in [0.25, 0.3) is 10.6 Å². The van der Waals surface area contributed by atoms with Crippen molar-refractivity contribution in [1.82, 2.24) is 25.2 Å². The van der Waals surface area contributed by atoms with E-state index in [-0.39, 0.29) is 5.91 Å². The molecule has 3 heterocycles. The third-order valence-electron chi connectivity index (χ3n) is 4.39. The quantitative estimate of drug-likeness (QED) is 0.772. The summed E-state index contributed by atoms with van der Waals surface area (Å²) in [6, 6.07) is 4.02. The highest BCUT2D eigenvalue weighted by molar-refractivity contribution is 7.16. The van der Waals surface area contributed by atoms with Crippen LogP contribution in [0.4, 0.5) is 5.13 Å². The Morgan fingerprint density at radius 3 is 2.83 bits per heavy atom. The summed E-state index contributed by atoms with van der Waals surface area (Å²) in [6.07, 6.45) is 6.14. The van der Waals surface area contributed by atoms with E-state index in [0.717, 1.165) is 42.7 Å². The zero-order valence-corrected chi connectivity index (χ0v) is 14.5. The first kappa shape index (κ1) is 15.4. The molecule has 0 saturated heterocycles. The molecule has 0 spiro atoms. The Hall–Kier alpha value is -2.13. The summed E-state index contributed by atoms with van der Waals surface area (Å²) in [6.45, 7) is 0. The van der Waals surface area contributed by atoms with Crippen LogP contribution in [0.1, 0.15) is 32.1 Å². The van der Waals surface area contributed by atoms with E-state index >= 15 is 0 Å². The summed E-state index contributed by atoms with van der Waals surface area (Å²) in [5, 5.41) is 19.0. The van der Waals surface area contributed by atoms with Gasteiger partial charge in [-0.2, -0.15) is 0 Å². The molecule has 7 nitrogen and oxygen atoms in total. The van der Waals surface area contributed by atoms with Crippen molar-refractivity contribution in [1.29, 1.82) is 0 Å². The lowest BCUT2D eigenvalue weighted by atomic mass is 9.81. The maximum Gasteiger partial charge on any atom is 0.254 e. The minimum absolute atomic E-state index is 0.0819. The molecule has 0 bridgehead atoms. The van der Waals surface area contributed by atoms with Crippen molar-refractivity contribution in [3.05, 3.63) is 29.2 Å². The van der Waals surface area contributed by atoms with Gasteiger partial charge in [0, 0.05) is 5.38 Å². The van der Waals surface area contributed by atoms with Gasteiger partial charge in [-0.05, 0) is 34.7 Å². The lowest BCUT2D eigenvalue weighted by Crippen LogP contribution is -2.47. The Kier molecular flexibility index (Phi) is 4.11. The van der Waals surface area contributed by atoms with Gasteiger partial charge in [0.05, 0.1) is 10.6 Å². The number of carbonyl (C=O) groups is 1. The van der Waals surface area contributed by atoms with Gasteiger partial charge in [-0.3, -0.25) is 10.1 Å². The summed E-state index contributed by atoms with van der Waals surface area (Å²) < 4.78 is 1.61. The lowest BCUT2D eigenvalue weighted by molar-refractivity contribution is -0.126. The van der Waals surface area contributed by atoms with E-state index in [9.17, 15) is 4.79 Å². The van der Waals surface area contributed by atoms with Crippen LogP contribution >= 0.6 is 22.7 Å². The van der Waals surface area contributed by atoms with E-state index in [2.05, 4.69) is 25.8 Å². The van der Waals surface area contributed by atoms with E-state index in [1.165, 1.54) is 17.7 Å². The van der Waals surface area contributed by atoms with Crippen molar-refractivity contribution in [2.75, 3.05) is 5.32 Å². The van der Waals surface area contributed by atoms with Crippen LogP contribution in [0.15, 0.2) is 29.2 Å². The van der Waals surface area contributed by atoms with Gasteiger partial charge in [-0.25, -0.2) is 9.67 Å². The van der Waals surface area contributed by atoms with Gasteiger partial charge >= 0.3 is 0 Å². The largest absolute Gasteiger partial charge is 0.300 e. The van der Waals surface area contributed by atoms with E-state index < -0.39 is 5.54 Å². The Morgan fingerprint density at radius 1 is 1.25 bits per heavy atom. The first-order valence-corrected chi connectivity index (χ1v) is 9.58. The number of anilines is 1. The van der Waals surface area contributed by atoms with Gasteiger partial charge < -0.3 is 0 Å². The van der Waals surface area contributed by atoms with Gasteiger partial charge in [0.25, 0.3) is 5.91 Å². The number of tetrazole rings is 1. The molecule has 3 aromatic rings. The molecular formula is C15H16N6OS2. The summed E-state index contributed by atoms with van der Waals surface area (Å²) in [4.78, 5) is 18.7. The highest BCUT2D eigenvalue weighted by Crippen LogP contribution is 2.36. The molecule has 1 aliphatic carbocycles. The molecule has 1 N–H and O–H groups in total. The molecule has 1 saturated carbocycles. The summed E-state index contributed by atoms with van der Waals surface area (Å²) in [7, 11) is 0. The fraction of sp³-hybridized carbons (Fsp3) is 0.400. The van der Waals surface area contributed by atoms with E-state index in [1.807, 2.05) is 22.9 Å². The van der Waals surface area contributed by atoms with Crippen LogP contribution < -0.4 is 5.32 Å². The molecule has 0 aliphatic heterocycles. The van der Waals surface area contributed by atoms with Crippen molar-refractivity contribution in [3.63, 3.8) is 0 Å². The number of hydrogen-bond acceptors (Lipinski definition) is 7. The van der Waals surface area contributed by atoms with Crippen molar-refractivity contribution >= 4 is 33.7 Å². The highest BCUT2D eigenvalue weighted by Gasteiger charge is 2.43. The Labute approximate surface area is 146 Å². The molecule has 1 amide bonds. The molecule has 0 unspecified atom stereocenters. The van der Waals surface area contributed by atoms with Crippen molar-refractivity contribution < 1.29 is 4.79 Å². The SMILES string of the molecule is O=C(Nc1nc(-c2cccs2)cs1)C1(n2cnnn2)CCCCC1. The number of thiazole rings is 1. The first-order valence-electron chi connectivity index (χ1n) is 7.82. The number of aromatic nitrogens is 5. The average molecular weight is 360 g/mol. The second-order valence-corrected chi connectivity index (χ2v) is 7.62. The predicted octanol–water partition coefficient (Wildman–Crippen LogP) is 3.16. The van der Waals surface area contributed by atoms with Crippen molar-refractivity contribution in [3.8, 4) is 10.6 Å². The summed E-state index contributed by atoms with van der Waals surface area (Å²) in [5.74, 6) is -0.0819. The van der Waals surface area contributed by atoms with Gasteiger partial charge in [0.15, 0.2) is 5.13 Å². The minimum Gasteiger partial charge on any atom is -0.300 e. The summed E-state index contributed by atoms with van der Waals surface area (Å²) in [5.41, 5.74) is 0.182. The van der Waals surface area contributed by atoms with E-state index in [0.29, 0.717) is 5.13 Å². The van der Waals surface area contributed by atoms with E-state index in [1.54, 1.807) is 16.0 Å². The molecular weight excluding hydrogens is 344 g/mol.